The lowest BCUT2D eigenvalue weighted by Gasteiger charge is -2.05. The van der Waals surface area contributed by atoms with Gasteiger partial charge >= 0.3 is 5.97 Å². The van der Waals surface area contributed by atoms with Gasteiger partial charge < -0.3 is 14.2 Å². The van der Waals surface area contributed by atoms with E-state index in [2.05, 4.69) is 0 Å². The number of aromatic hydroxyl groups is 1. The first kappa shape index (κ1) is 14.8. The molecule has 2 heterocycles. The van der Waals surface area contributed by atoms with Crippen molar-refractivity contribution in [3.63, 3.8) is 0 Å². The largest absolute Gasteiger partial charge is 0.505 e. The van der Waals surface area contributed by atoms with E-state index < -0.39 is 5.97 Å². The van der Waals surface area contributed by atoms with Crippen LogP contribution in [0.15, 0.2) is 54.9 Å². The number of fused-ring (bicyclic) bond motifs is 1. The average molecular weight is 309 g/mol. The number of esters is 1. The number of nitrogens with zero attached hydrogens (tertiary/aromatic N) is 1. The molecule has 2 aromatic heterocycles. The van der Waals surface area contributed by atoms with Crippen molar-refractivity contribution in [2.75, 3.05) is 6.61 Å². The van der Waals surface area contributed by atoms with Gasteiger partial charge in [-0.2, -0.15) is 0 Å². The first-order valence-electron chi connectivity index (χ1n) is 7.21. The Morgan fingerprint density at radius 2 is 1.83 bits per heavy atom. The number of pyridine rings is 1. The summed E-state index contributed by atoms with van der Waals surface area (Å²) in [5.74, 6) is -0.902. The SMILES string of the molecule is CCOC(=O)c1cc2cc(C(=O)c3ccccc3)cn2cc1O. The Balaban J connectivity index is 2.02. The van der Waals surface area contributed by atoms with E-state index in [1.54, 1.807) is 47.9 Å². The number of ether oxygens (including phenoxy) is 1. The van der Waals surface area contributed by atoms with Crippen LogP contribution in [0, 0.1) is 0 Å². The third-order valence-electron chi connectivity index (χ3n) is 3.50. The average Bonchev–Trinajstić information content (AvgIpc) is 2.97. The van der Waals surface area contributed by atoms with Gasteiger partial charge in [0.2, 0.25) is 0 Å². The highest BCUT2D eigenvalue weighted by Gasteiger charge is 2.16. The van der Waals surface area contributed by atoms with Gasteiger partial charge in [-0.3, -0.25) is 4.79 Å². The number of ketones is 1. The van der Waals surface area contributed by atoms with Crippen LogP contribution < -0.4 is 0 Å². The monoisotopic (exact) mass is 309 g/mol. The summed E-state index contributed by atoms with van der Waals surface area (Å²) in [6.07, 6.45) is 3.02. The molecule has 0 spiro atoms. The molecule has 0 atom stereocenters. The van der Waals surface area contributed by atoms with Crippen LogP contribution in [0.25, 0.3) is 5.52 Å². The summed E-state index contributed by atoms with van der Waals surface area (Å²) in [7, 11) is 0. The molecule has 1 aromatic carbocycles. The van der Waals surface area contributed by atoms with Crippen LogP contribution >= 0.6 is 0 Å². The molecule has 23 heavy (non-hydrogen) atoms. The number of carbonyl (C=O) groups is 2. The van der Waals surface area contributed by atoms with E-state index in [9.17, 15) is 14.7 Å². The fourth-order valence-corrected chi connectivity index (χ4v) is 2.40. The van der Waals surface area contributed by atoms with E-state index in [4.69, 9.17) is 4.74 Å². The zero-order valence-electron chi connectivity index (χ0n) is 12.5. The number of carbonyl (C=O) groups excluding carboxylic acids is 2. The molecule has 0 aliphatic heterocycles. The number of rotatable bonds is 4. The second-order valence-corrected chi connectivity index (χ2v) is 5.05. The molecule has 0 unspecified atom stereocenters. The Labute approximate surface area is 132 Å². The standard InChI is InChI=1S/C18H15NO4/c1-2-23-18(22)15-9-14-8-13(10-19(14)11-16(15)20)17(21)12-6-4-3-5-7-12/h3-11,20H,2H2,1H3. The van der Waals surface area contributed by atoms with Crippen molar-refractivity contribution in [3.05, 3.63) is 71.5 Å². The van der Waals surface area contributed by atoms with Gasteiger partial charge in [0.15, 0.2) is 5.78 Å². The molecule has 0 saturated carbocycles. The van der Waals surface area contributed by atoms with E-state index in [0.29, 0.717) is 16.6 Å². The van der Waals surface area contributed by atoms with Crippen molar-refractivity contribution < 1.29 is 19.4 Å². The highest BCUT2D eigenvalue weighted by molar-refractivity contribution is 6.09. The number of hydrogen-bond acceptors (Lipinski definition) is 4. The fourth-order valence-electron chi connectivity index (χ4n) is 2.40. The zero-order chi connectivity index (χ0) is 16.4. The lowest BCUT2D eigenvalue weighted by molar-refractivity contribution is 0.0523. The third-order valence-corrected chi connectivity index (χ3v) is 3.50. The number of hydrogen-bond donors (Lipinski definition) is 1. The predicted molar refractivity (Wildman–Crippen MR) is 84.9 cm³/mol. The van der Waals surface area contributed by atoms with Crippen LogP contribution in [0.1, 0.15) is 33.2 Å². The molecule has 0 saturated heterocycles. The molecule has 5 nitrogen and oxygen atoms in total. The van der Waals surface area contributed by atoms with Crippen molar-refractivity contribution in [3.8, 4) is 5.75 Å². The Hall–Kier alpha value is -3.08. The maximum atomic E-state index is 12.5. The second kappa shape index (κ2) is 5.96. The quantitative estimate of drug-likeness (QED) is 0.594. The van der Waals surface area contributed by atoms with Crippen LogP contribution in [-0.4, -0.2) is 27.9 Å². The first-order valence-corrected chi connectivity index (χ1v) is 7.21. The Kier molecular flexibility index (Phi) is 3.85. The molecule has 3 rings (SSSR count). The second-order valence-electron chi connectivity index (χ2n) is 5.05. The Morgan fingerprint density at radius 1 is 1.09 bits per heavy atom. The summed E-state index contributed by atoms with van der Waals surface area (Å²) in [5, 5.41) is 9.96. The molecule has 0 fully saturated rings. The van der Waals surface area contributed by atoms with Crippen molar-refractivity contribution in [1.29, 1.82) is 0 Å². The minimum Gasteiger partial charge on any atom is -0.505 e. The zero-order valence-corrected chi connectivity index (χ0v) is 12.5. The fraction of sp³-hybridized carbons (Fsp3) is 0.111. The summed E-state index contributed by atoms with van der Waals surface area (Å²) in [5.41, 5.74) is 1.77. The maximum absolute atomic E-state index is 12.5. The van der Waals surface area contributed by atoms with E-state index in [0.717, 1.165) is 0 Å². The van der Waals surface area contributed by atoms with Crippen LogP contribution in [-0.2, 0) is 4.74 Å². The lowest BCUT2D eigenvalue weighted by atomic mass is 10.1. The molecule has 0 radical (unpaired) electrons. The summed E-state index contributed by atoms with van der Waals surface area (Å²) in [4.78, 5) is 24.3. The van der Waals surface area contributed by atoms with Gasteiger partial charge in [0.05, 0.1) is 12.8 Å². The molecule has 1 N–H and O–H groups in total. The summed E-state index contributed by atoms with van der Waals surface area (Å²) in [6, 6.07) is 12.1. The lowest BCUT2D eigenvalue weighted by Crippen LogP contribution is -2.05. The summed E-state index contributed by atoms with van der Waals surface area (Å²) < 4.78 is 6.51. The van der Waals surface area contributed by atoms with E-state index in [-0.39, 0.29) is 23.7 Å². The molecular formula is C18H15NO4. The van der Waals surface area contributed by atoms with E-state index >= 15 is 0 Å². The molecule has 0 aliphatic rings. The molecule has 5 heteroatoms. The molecular weight excluding hydrogens is 294 g/mol. The molecule has 3 aromatic rings. The van der Waals surface area contributed by atoms with Gasteiger partial charge in [-0.1, -0.05) is 30.3 Å². The molecule has 116 valence electrons. The first-order chi connectivity index (χ1) is 11.1. The van der Waals surface area contributed by atoms with Gasteiger partial charge in [0.25, 0.3) is 0 Å². The number of benzene rings is 1. The van der Waals surface area contributed by atoms with Crippen molar-refractivity contribution in [1.82, 2.24) is 4.40 Å². The van der Waals surface area contributed by atoms with Crippen molar-refractivity contribution in [2.45, 2.75) is 6.92 Å². The Morgan fingerprint density at radius 3 is 2.52 bits per heavy atom. The normalized spacial score (nSPS) is 10.7. The van der Waals surface area contributed by atoms with Crippen molar-refractivity contribution in [2.24, 2.45) is 0 Å². The van der Waals surface area contributed by atoms with Gasteiger partial charge in [-0.25, -0.2) is 4.79 Å². The van der Waals surface area contributed by atoms with E-state index in [1.807, 2.05) is 6.07 Å². The van der Waals surface area contributed by atoms with Crippen LogP contribution in [0.4, 0.5) is 0 Å². The number of aromatic nitrogens is 1. The minimum absolute atomic E-state index is 0.0798. The summed E-state index contributed by atoms with van der Waals surface area (Å²) >= 11 is 0. The molecule has 0 bridgehead atoms. The smallest absolute Gasteiger partial charge is 0.342 e. The van der Waals surface area contributed by atoms with Gasteiger partial charge in [0.1, 0.15) is 11.3 Å². The van der Waals surface area contributed by atoms with Gasteiger partial charge in [-0.15, -0.1) is 0 Å². The van der Waals surface area contributed by atoms with Crippen LogP contribution in [0.2, 0.25) is 0 Å². The predicted octanol–water partition coefficient (Wildman–Crippen LogP) is 3.05. The van der Waals surface area contributed by atoms with Gasteiger partial charge in [-0.05, 0) is 19.1 Å². The summed E-state index contributed by atoms with van der Waals surface area (Å²) in [6.45, 7) is 1.92. The minimum atomic E-state index is -0.593. The highest BCUT2D eigenvalue weighted by Crippen LogP contribution is 2.23. The highest BCUT2D eigenvalue weighted by atomic mass is 16.5. The third kappa shape index (κ3) is 2.81. The molecule has 0 amide bonds. The Bertz CT molecular complexity index is 881. The van der Waals surface area contributed by atoms with E-state index in [1.165, 1.54) is 12.3 Å². The van der Waals surface area contributed by atoms with Crippen molar-refractivity contribution >= 4 is 17.3 Å². The van der Waals surface area contributed by atoms with Gasteiger partial charge in [0, 0.05) is 22.8 Å². The molecule has 0 aliphatic carbocycles. The van der Waals surface area contributed by atoms with Crippen LogP contribution in [0.5, 0.6) is 5.75 Å². The van der Waals surface area contributed by atoms with Crippen LogP contribution in [0.3, 0.4) is 0 Å². The maximum Gasteiger partial charge on any atom is 0.342 e. The topological polar surface area (TPSA) is 68.0 Å².